The summed E-state index contributed by atoms with van der Waals surface area (Å²) in [7, 11) is 0. The quantitative estimate of drug-likeness (QED) is 0.671. The van der Waals surface area contributed by atoms with Crippen LogP contribution in [0, 0.1) is 12.7 Å². The maximum Gasteiger partial charge on any atom is 0.127 e. The monoisotopic (exact) mass is 285 g/mol. The maximum absolute atomic E-state index is 13.7. The normalized spacial score (nSPS) is 12.7. The van der Waals surface area contributed by atoms with Gasteiger partial charge in [-0.3, -0.25) is 11.3 Å². The Hall–Kier alpha value is -1.01. The topological polar surface area (TPSA) is 50.9 Å². The fourth-order valence-electron chi connectivity index (χ4n) is 1.69. The molecule has 0 aliphatic rings. The van der Waals surface area contributed by atoms with Gasteiger partial charge in [0, 0.05) is 16.1 Å². The van der Waals surface area contributed by atoms with Crippen molar-refractivity contribution in [2.75, 3.05) is 0 Å². The highest BCUT2D eigenvalue weighted by Gasteiger charge is 2.15. The fraction of sp³-hybridized carbons (Fsp3) is 0.250. The summed E-state index contributed by atoms with van der Waals surface area (Å²) in [6.07, 6.45) is 2.22. The number of rotatable bonds is 4. The van der Waals surface area contributed by atoms with E-state index in [0.29, 0.717) is 17.0 Å². The van der Waals surface area contributed by atoms with Crippen molar-refractivity contribution in [1.82, 2.24) is 10.4 Å². The molecule has 1 unspecified atom stereocenters. The van der Waals surface area contributed by atoms with E-state index in [1.165, 1.54) is 6.07 Å². The van der Waals surface area contributed by atoms with Crippen LogP contribution in [0.4, 0.5) is 4.39 Å². The summed E-state index contributed by atoms with van der Waals surface area (Å²) in [6.45, 7) is 1.92. The number of nitrogens with zero attached hydrogens (tertiary/aromatic N) is 1. The van der Waals surface area contributed by atoms with E-state index in [4.69, 9.17) is 17.4 Å². The Morgan fingerprint density at radius 1 is 1.56 bits per heavy atom. The molecule has 2 aromatic rings. The number of benzene rings is 1. The first kappa shape index (κ1) is 13.4. The van der Waals surface area contributed by atoms with Crippen molar-refractivity contribution in [1.29, 1.82) is 0 Å². The van der Waals surface area contributed by atoms with E-state index in [0.717, 1.165) is 9.88 Å². The number of halogens is 2. The first-order valence-electron chi connectivity index (χ1n) is 5.42. The predicted octanol–water partition coefficient (Wildman–Crippen LogP) is 2.99. The molecule has 0 bridgehead atoms. The molecule has 1 aromatic heterocycles. The van der Waals surface area contributed by atoms with Crippen LogP contribution in [0.5, 0.6) is 0 Å². The molecule has 0 spiro atoms. The third-order valence-electron chi connectivity index (χ3n) is 2.62. The van der Waals surface area contributed by atoms with Crippen molar-refractivity contribution < 1.29 is 4.39 Å². The first-order chi connectivity index (χ1) is 8.60. The SMILES string of the molecule is Cc1ncc(C(Cc2ccc(Cl)cc2F)NN)s1. The van der Waals surface area contributed by atoms with Crippen LogP contribution in [-0.4, -0.2) is 4.98 Å². The van der Waals surface area contributed by atoms with Crippen molar-refractivity contribution in [2.45, 2.75) is 19.4 Å². The van der Waals surface area contributed by atoms with Crippen LogP contribution in [0.1, 0.15) is 21.5 Å². The molecule has 6 heteroatoms. The van der Waals surface area contributed by atoms with E-state index >= 15 is 0 Å². The van der Waals surface area contributed by atoms with Gasteiger partial charge in [-0.1, -0.05) is 17.7 Å². The Kier molecular flexibility index (Phi) is 4.29. The van der Waals surface area contributed by atoms with Crippen molar-refractivity contribution in [3.8, 4) is 0 Å². The van der Waals surface area contributed by atoms with Gasteiger partial charge in [-0.15, -0.1) is 11.3 Å². The van der Waals surface area contributed by atoms with Crippen LogP contribution in [0.15, 0.2) is 24.4 Å². The third-order valence-corrected chi connectivity index (χ3v) is 3.88. The lowest BCUT2D eigenvalue weighted by atomic mass is 10.1. The van der Waals surface area contributed by atoms with Gasteiger partial charge in [0.1, 0.15) is 5.82 Å². The molecule has 18 heavy (non-hydrogen) atoms. The van der Waals surface area contributed by atoms with Crippen LogP contribution in [0.2, 0.25) is 5.02 Å². The van der Waals surface area contributed by atoms with Gasteiger partial charge in [0.2, 0.25) is 0 Å². The minimum Gasteiger partial charge on any atom is -0.271 e. The Balaban J connectivity index is 2.20. The molecular weight excluding hydrogens is 273 g/mol. The van der Waals surface area contributed by atoms with Crippen LogP contribution in [-0.2, 0) is 6.42 Å². The summed E-state index contributed by atoms with van der Waals surface area (Å²) in [4.78, 5) is 5.16. The Bertz CT molecular complexity index is 544. The van der Waals surface area contributed by atoms with Gasteiger partial charge in [-0.05, 0) is 31.0 Å². The molecular formula is C12H13ClFN3S. The molecule has 2 rings (SSSR count). The van der Waals surface area contributed by atoms with E-state index in [2.05, 4.69) is 10.4 Å². The second-order valence-corrected chi connectivity index (χ2v) is 5.64. The number of hydrogen-bond acceptors (Lipinski definition) is 4. The summed E-state index contributed by atoms with van der Waals surface area (Å²) < 4.78 is 13.7. The largest absolute Gasteiger partial charge is 0.271 e. The average molecular weight is 286 g/mol. The maximum atomic E-state index is 13.7. The predicted molar refractivity (Wildman–Crippen MR) is 72.0 cm³/mol. The molecule has 1 aromatic carbocycles. The molecule has 0 radical (unpaired) electrons. The molecule has 3 N–H and O–H groups in total. The fourth-order valence-corrected chi connectivity index (χ4v) is 2.69. The summed E-state index contributed by atoms with van der Waals surface area (Å²) in [6, 6.07) is 4.51. The molecule has 0 saturated heterocycles. The van der Waals surface area contributed by atoms with E-state index in [1.54, 1.807) is 29.7 Å². The van der Waals surface area contributed by atoms with Crippen LogP contribution in [0.3, 0.4) is 0 Å². The second-order valence-electron chi connectivity index (χ2n) is 3.94. The molecule has 0 fully saturated rings. The van der Waals surface area contributed by atoms with E-state index < -0.39 is 0 Å². The summed E-state index contributed by atoms with van der Waals surface area (Å²) in [5, 5.41) is 1.35. The van der Waals surface area contributed by atoms with E-state index in [1.807, 2.05) is 6.92 Å². The molecule has 3 nitrogen and oxygen atoms in total. The minimum absolute atomic E-state index is 0.146. The number of nitrogens with two attached hydrogens (primary N) is 1. The van der Waals surface area contributed by atoms with E-state index in [-0.39, 0.29) is 11.9 Å². The second kappa shape index (κ2) is 5.75. The number of thiazole rings is 1. The standard InChI is InChI=1S/C12H13ClFN3S/c1-7-16-6-12(18-7)11(17-15)4-8-2-3-9(13)5-10(8)14/h2-3,5-6,11,17H,4,15H2,1H3. The van der Waals surface area contributed by atoms with E-state index in [9.17, 15) is 4.39 Å². The van der Waals surface area contributed by atoms with Gasteiger partial charge in [0.25, 0.3) is 0 Å². The number of hydrogen-bond donors (Lipinski definition) is 2. The highest BCUT2D eigenvalue weighted by Crippen LogP contribution is 2.25. The van der Waals surface area contributed by atoms with Crippen molar-refractivity contribution in [3.05, 3.63) is 50.7 Å². The van der Waals surface area contributed by atoms with Gasteiger partial charge < -0.3 is 0 Å². The third kappa shape index (κ3) is 3.05. The summed E-state index contributed by atoms with van der Waals surface area (Å²) in [5.41, 5.74) is 3.27. The molecule has 1 atom stereocenters. The summed E-state index contributed by atoms with van der Waals surface area (Å²) in [5.74, 6) is 5.21. The highest BCUT2D eigenvalue weighted by molar-refractivity contribution is 7.11. The Morgan fingerprint density at radius 2 is 2.33 bits per heavy atom. The number of hydrazine groups is 1. The molecule has 0 aliphatic carbocycles. The number of aromatic nitrogens is 1. The molecule has 0 saturated carbocycles. The average Bonchev–Trinajstić information content (AvgIpc) is 2.75. The number of nitrogens with one attached hydrogen (secondary N) is 1. The zero-order chi connectivity index (χ0) is 13.1. The van der Waals surface area contributed by atoms with Gasteiger partial charge in [0.15, 0.2) is 0 Å². The smallest absolute Gasteiger partial charge is 0.127 e. The first-order valence-corrected chi connectivity index (χ1v) is 6.62. The zero-order valence-corrected chi connectivity index (χ0v) is 11.4. The lowest BCUT2D eigenvalue weighted by Gasteiger charge is -2.14. The molecule has 0 amide bonds. The van der Waals surface area contributed by atoms with Crippen LogP contribution < -0.4 is 11.3 Å². The lowest BCUT2D eigenvalue weighted by molar-refractivity contribution is 0.535. The Labute approximate surface area is 114 Å². The Morgan fingerprint density at radius 3 is 2.89 bits per heavy atom. The van der Waals surface area contributed by atoms with Crippen LogP contribution in [0.25, 0.3) is 0 Å². The van der Waals surface area contributed by atoms with Crippen molar-refractivity contribution in [3.63, 3.8) is 0 Å². The van der Waals surface area contributed by atoms with Gasteiger partial charge in [0.05, 0.1) is 11.0 Å². The summed E-state index contributed by atoms with van der Waals surface area (Å²) >= 11 is 7.27. The van der Waals surface area contributed by atoms with Crippen molar-refractivity contribution >= 4 is 22.9 Å². The van der Waals surface area contributed by atoms with Crippen molar-refractivity contribution in [2.24, 2.45) is 5.84 Å². The minimum atomic E-state index is -0.316. The molecule has 1 heterocycles. The molecule has 0 aliphatic heterocycles. The van der Waals surface area contributed by atoms with Gasteiger partial charge >= 0.3 is 0 Å². The highest BCUT2D eigenvalue weighted by atomic mass is 35.5. The van der Waals surface area contributed by atoms with Gasteiger partial charge in [-0.25, -0.2) is 9.37 Å². The van der Waals surface area contributed by atoms with Gasteiger partial charge in [-0.2, -0.15) is 0 Å². The lowest BCUT2D eigenvalue weighted by Crippen LogP contribution is -2.29. The van der Waals surface area contributed by atoms with Crippen LogP contribution >= 0.6 is 22.9 Å². The zero-order valence-electron chi connectivity index (χ0n) is 9.78. The molecule has 96 valence electrons. The number of aryl methyl sites for hydroxylation is 1.